The molecule has 7 aromatic rings. The second-order valence-electron chi connectivity index (χ2n) is 13.6. The summed E-state index contributed by atoms with van der Waals surface area (Å²) in [5.74, 6) is 0.216. The van der Waals surface area contributed by atoms with Crippen molar-refractivity contribution in [3.05, 3.63) is 161 Å². The van der Waals surface area contributed by atoms with Gasteiger partial charge in [0.15, 0.2) is 0 Å². The van der Waals surface area contributed by atoms with E-state index < -0.39 is 0 Å². The average Bonchev–Trinajstić information content (AvgIpc) is 3.99. The minimum absolute atomic E-state index is 0. The van der Waals surface area contributed by atoms with E-state index in [1.165, 1.54) is 16.7 Å². The van der Waals surface area contributed by atoms with Crippen LogP contribution in [0.25, 0.3) is 90.9 Å². The fourth-order valence-electron chi connectivity index (χ4n) is 7.21. The molecule has 4 aromatic carbocycles. The zero-order valence-electron chi connectivity index (χ0n) is 29.5. The van der Waals surface area contributed by atoms with Crippen LogP contribution in [0.4, 0.5) is 0 Å². The summed E-state index contributed by atoms with van der Waals surface area (Å²) in [6, 6.07) is 41.8. The first-order valence-electron chi connectivity index (χ1n) is 17.5. The van der Waals surface area contributed by atoms with E-state index in [1.54, 1.807) is 12.1 Å². The maximum atomic E-state index is 10.2. The Morgan fingerprint density at radius 1 is 0.358 bits per heavy atom. The van der Waals surface area contributed by atoms with Gasteiger partial charge in [-0.2, -0.15) is 0 Å². The van der Waals surface area contributed by atoms with Gasteiger partial charge in [-0.3, -0.25) is 0 Å². The van der Waals surface area contributed by atoms with Crippen molar-refractivity contribution in [2.75, 3.05) is 0 Å². The molecule has 5 heterocycles. The van der Waals surface area contributed by atoms with Gasteiger partial charge in [-0.05, 0) is 104 Å². The molecular formula is C47H36CoN4O. The summed E-state index contributed by atoms with van der Waals surface area (Å²) in [4.78, 5) is 18.3. The molecule has 0 aliphatic carbocycles. The Kier molecular flexibility index (Phi) is 8.78. The molecule has 0 saturated heterocycles. The van der Waals surface area contributed by atoms with Crippen LogP contribution in [-0.4, -0.2) is 25.0 Å². The molecule has 2 aliphatic rings. The zero-order chi connectivity index (χ0) is 35.3. The molecule has 0 unspecified atom stereocenters. The van der Waals surface area contributed by atoms with Crippen LogP contribution in [0.3, 0.4) is 0 Å². The summed E-state index contributed by atoms with van der Waals surface area (Å²) in [6.45, 7) is 6.32. The van der Waals surface area contributed by atoms with E-state index in [1.807, 2.05) is 12.1 Å². The monoisotopic (exact) mass is 731 g/mol. The Labute approximate surface area is 318 Å². The van der Waals surface area contributed by atoms with Crippen molar-refractivity contribution in [2.45, 2.75) is 20.8 Å². The molecule has 53 heavy (non-hydrogen) atoms. The van der Waals surface area contributed by atoms with Gasteiger partial charge in [0.25, 0.3) is 0 Å². The van der Waals surface area contributed by atoms with E-state index in [2.05, 4.69) is 152 Å². The fourth-order valence-corrected chi connectivity index (χ4v) is 7.21. The van der Waals surface area contributed by atoms with Crippen LogP contribution in [0.15, 0.2) is 121 Å². The molecule has 2 aliphatic heterocycles. The minimum atomic E-state index is 0. The SMILES string of the molecule is Cc1ccc(-c2c3nc(c(-c4ccc(C)cc4)c4ccc([nH]4)c(-c4ccc(O)cc4)c4nc(c(-c5ccc(C)cc5)c5ccc2[nH]5)C=C4)C=C3)cc1.[Co]. The Bertz CT molecular complexity index is 2360. The molecule has 5 nitrogen and oxygen atoms in total. The zero-order valence-corrected chi connectivity index (χ0v) is 30.6. The van der Waals surface area contributed by atoms with Crippen molar-refractivity contribution in [1.29, 1.82) is 0 Å². The number of nitrogens with zero attached hydrogens (tertiary/aromatic N) is 2. The van der Waals surface area contributed by atoms with E-state index in [0.29, 0.717) is 0 Å². The molecule has 259 valence electrons. The first-order chi connectivity index (χ1) is 25.4. The molecule has 0 amide bonds. The number of hydrogen-bond donors (Lipinski definition) is 3. The molecule has 8 bridgehead atoms. The first kappa shape index (κ1) is 33.9. The second kappa shape index (κ2) is 13.7. The Morgan fingerprint density at radius 3 is 0.868 bits per heavy atom. The van der Waals surface area contributed by atoms with Crippen molar-refractivity contribution in [3.63, 3.8) is 0 Å². The van der Waals surface area contributed by atoms with Crippen molar-refractivity contribution in [3.8, 4) is 50.3 Å². The van der Waals surface area contributed by atoms with Gasteiger partial charge in [0.2, 0.25) is 0 Å². The van der Waals surface area contributed by atoms with Crippen LogP contribution < -0.4 is 0 Å². The number of rotatable bonds is 4. The average molecular weight is 732 g/mol. The molecule has 9 rings (SSSR count). The first-order valence-corrected chi connectivity index (χ1v) is 17.5. The standard InChI is InChI=1S/C47H36N4O.Co/c1-28-4-10-31(11-5-28)44-36-20-22-38(48-36)45(32-12-6-29(2)7-13-32)40-24-26-42(50-40)47(34-16-18-35(52)19-17-34)43-27-25-41(51-43)46(39-23-21-37(44)49-39)33-14-8-30(3)9-15-33;/h4-27,48,51-52H,1-3H3;. The Hall–Kier alpha value is -6.21. The van der Waals surface area contributed by atoms with E-state index in [4.69, 9.17) is 9.97 Å². The summed E-state index contributed by atoms with van der Waals surface area (Å²) in [7, 11) is 0. The quantitative estimate of drug-likeness (QED) is 0.169. The smallest absolute Gasteiger partial charge is 0.115 e. The normalized spacial score (nSPS) is 11.8. The predicted molar refractivity (Wildman–Crippen MR) is 216 cm³/mol. The third-order valence-corrected chi connectivity index (χ3v) is 9.93. The molecule has 3 N–H and O–H groups in total. The van der Waals surface area contributed by atoms with Crippen LogP contribution in [0.5, 0.6) is 5.75 Å². The third kappa shape index (κ3) is 6.33. The van der Waals surface area contributed by atoms with Crippen molar-refractivity contribution >= 4 is 46.4 Å². The number of hydrogen-bond acceptors (Lipinski definition) is 3. The molecule has 6 heteroatoms. The number of aryl methyl sites for hydroxylation is 3. The molecule has 0 fully saturated rings. The Morgan fingerprint density at radius 2 is 0.604 bits per heavy atom. The minimum Gasteiger partial charge on any atom is -0.508 e. The van der Waals surface area contributed by atoms with Crippen molar-refractivity contribution in [2.24, 2.45) is 0 Å². The second-order valence-corrected chi connectivity index (χ2v) is 13.6. The number of phenols is 1. The Balaban J connectivity index is 0.00000400. The number of aromatic amines is 2. The topological polar surface area (TPSA) is 77.6 Å². The number of nitrogens with one attached hydrogen (secondary N) is 2. The molecule has 0 spiro atoms. The van der Waals surface area contributed by atoms with Crippen LogP contribution in [-0.2, 0) is 16.8 Å². The molecule has 0 atom stereocenters. The number of phenolic OH excluding ortho intramolecular Hbond substituents is 1. The van der Waals surface area contributed by atoms with Gasteiger partial charge in [-0.15, -0.1) is 0 Å². The third-order valence-electron chi connectivity index (χ3n) is 9.93. The van der Waals surface area contributed by atoms with Gasteiger partial charge in [0.1, 0.15) is 5.75 Å². The van der Waals surface area contributed by atoms with Crippen LogP contribution in [0.1, 0.15) is 39.5 Å². The number of aromatic nitrogens is 4. The van der Waals surface area contributed by atoms with E-state index in [0.717, 1.165) is 89.4 Å². The molecule has 1 radical (unpaired) electrons. The van der Waals surface area contributed by atoms with Gasteiger partial charge in [0.05, 0.1) is 22.8 Å². The van der Waals surface area contributed by atoms with Crippen LogP contribution in [0.2, 0.25) is 0 Å². The van der Waals surface area contributed by atoms with Gasteiger partial charge in [0, 0.05) is 61.1 Å². The van der Waals surface area contributed by atoms with Gasteiger partial charge < -0.3 is 15.1 Å². The van der Waals surface area contributed by atoms with Crippen molar-refractivity contribution in [1.82, 2.24) is 19.9 Å². The van der Waals surface area contributed by atoms with Crippen LogP contribution >= 0.6 is 0 Å². The van der Waals surface area contributed by atoms with Crippen molar-refractivity contribution < 1.29 is 21.9 Å². The van der Waals surface area contributed by atoms with Gasteiger partial charge in [-0.1, -0.05) is 102 Å². The number of fused-ring (bicyclic) bond motifs is 8. The van der Waals surface area contributed by atoms with E-state index in [9.17, 15) is 5.11 Å². The van der Waals surface area contributed by atoms with Gasteiger partial charge >= 0.3 is 0 Å². The molecule has 0 saturated carbocycles. The van der Waals surface area contributed by atoms with Gasteiger partial charge in [-0.25, -0.2) is 9.97 Å². The molecular weight excluding hydrogens is 695 g/mol. The van der Waals surface area contributed by atoms with Crippen LogP contribution in [0, 0.1) is 20.8 Å². The fraction of sp³-hybridized carbons (Fsp3) is 0.0638. The maximum Gasteiger partial charge on any atom is 0.115 e. The predicted octanol–water partition coefficient (Wildman–Crippen LogP) is 12.0. The van der Waals surface area contributed by atoms with E-state index >= 15 is 0 Å². The summed E-state index contributed by atoms with van der Waals surface area (Å²) in [5, 5.41) is 10.2. The largest absolute Gasteiger partial charge is 0.508 e. The maximum absolute atomic E-state index is 10.2. The number of H-pyrrole nitrogens is 2. The number of benzene rings is 4. The summed E-state index contributed by atoms with van der Waals surface area (Å²) in [5.41, 5.74) is 19.0. The van der Waals surface area contributed by atoms with E-state index in [-0.39, 0.29) is 22.5 Å². The number of aromatic hydroxyl groups is 1. The summed E-state index contributed by atoms with van der Waals surface area (Å²) < 4.78 is 0. The molecule has 3 aromatic heterocycles. The summed E-state index contributed by atoms with van der Waals surface area (Å²) >= 11 is 0. The summed E-state index contributed by atoms with van der Waals surface area (Å²) in [6.07, 6.45) is 8.45.